The van der Waals surface area contributed by atoms with Gasteiger partial charge < -0.3 is 0 Å². The summed E-state index contributed by atoms with van der Waals surface area (Å²) in [6.07, 6.45) is 0. The predicted molar refractivity (Wildman–Crippen MR) is 73.8 cm³/mol. The zero-order valence-electron chi connectivity index (χ0n) is 7.88. The summed E-state index contributed by atoms with van der Waals surface area (Å²) in [6.45, 7) is 0. The number of thiophene rings is 1. The predicted octanol–water partition coefficient (Wildman–Crippen LogP) is 5.74. The first-order valence-electron chi connectivity index (χ1n) is 4.41. The quantitative estimate of drug-likeness (QED) is 0.579. The van der Waals surface area contributed by atoms with Crippen molar-refractivity contribution in [1.82, 2.24) is 0 Å². The first-order valence-corrected chi connectivity index (χ1v) is 7.25. The Kier molecular flexibility index (Phi) is 4.06. The molecular formula is C11H6Br2ClFS. The molecule has 0 aliphatic carbocycles. The number of benzene rings is 1. The molecule has 2 aromatic rings. The van der Waals surface area contributed by atoms with Gasteiger partial charge in [-0.25, -0.2) is 4.39 Å². The highest BCUT2D eigenvalue weighted by atomic mass is 79.9. The molecule has 0 saturated carbocycles. The molecule has 1 unspecified atom stereocenters. The van der Waals surface area contributed by atoms with Gasteiger partial charge in [-0.15, -0.1) is 22.9 Å². The van der Waals surface area contributed by atoms with Crippen LogP contribution >= 0.6 is 54.8 Å². The van der Waals surface area contributed by atoms with Gasteiger partial charge >= 0.3 is 0 Å². The van der Waals surface area contributed by atoms with Crippen LogP contribution in [0.3, 0.4) is 0 Å². The summed E-state index contributed by atoms with van der Waals surface area (Å²) in [4.78, 5) is 0.992. The lowest BCUT2D eigenvalue weighted by atomic mass is 10.1. The Morgan fingerprint density at radius 1 is 1.19 bits per heavy atom. The Morgan fingerprint density at radius 2 is 1.94 bits per heavy atom. The molecule has 2 rings (SSSR count). The molecule has 1 heterocycles. The topological polar surface area (TPSA) is 0 Å². The molecule has 1 atom stereocenters. The Bertz CT molecular complexity index is 492. The van der Waals surface area contributed by atoms with Gasteiger partial charge in [0.05, 0.1) is 9.16 Å². The minimum Gasteiger partial charge on any atom is -0.207 e. The fourth-order valence-corrected chi connectivity index (χ4v) is 3.60. The highest BCUT2D eigenvalue weighted by Gasteiger charge is 2.14. The highest BCUT2D eigenvalue weighted by molar-refractivity contribution is 9.11. The van der Waals surface area contributed by atoms with Crippen LogP contribution in [-0.2, 0) is 0 Å². The second-order valence-electron chi connectivity index (χ2n) is 3.21. The van der Waals surface area contributed by atoms with Gasteiger partial charge in [0.1, 0.15) is 5.82 Å². The molecule has 1 aromatic heterocycles. The molecule has 0 N–H and O–H groups in total. The Balaban J connectivity index is 2.37. The Labute approximate surface area is 119 Å². The van der Waals surface area contributed by atoms with E-state index in [2.05, 4.69) is 31.9 Å². The third-order valence-electron chi connectivity index (χ3n) is 2.02. The number of rotatable bonds is 2. The molecule has 0 bridgehead atoms. The summed E-state index contributed by atoms with van der Waals surface area (Å²) in [6, 6.07) is 8.57. The summed E-state index contributed by atoms with van der Waals surface area (Å²) in [7, 11) is 0. The van der Waals surface area contributed by atoms with Gasteiger partial charge in [0.2, 0.25) is 0 Å². The van der Waals surface area contributed by atoms with E-state index < -0.39 is 0 Å². The van der Waals surface area contributed by atoms with Gasteiger partial charge in [0.15, 0.2) is 0 Å². The van der Waals surface area contributed by atoms with Gasteiger partial charge in [-0.1, -0.05) is 15.9 Å². The molecule has 0 amide bonds. The van der Waals surface area contributed by atoms with Crippen molar-refractivity contribution >= 4 is 54.8 Å². The van der Waals surface area contributed by atoms with Crippen molar-refractivity contribution in [2.24, 2.45) is 0 Å². The lowest BCUT2D eigenvalue weighted by Gasteiger charge is -2.08. The number of halogens is 4. The molecule has 5 heteroatoms. The molecule has 0 nitrogen and oxygen atoms in total. The Morgan fingerprint density at radius 3 is 2.50 bits per heavy atom. The molecule has 16 heavy (non-hydrogen) atoms. The zero-order chi connectivity index (χ0) is 11.7. The van der Waals surface area contributed by atoms with Crippen LogP contribution in [-0.4, -0.2) is 0 Å². The molecule has 84 valence electrons. The van der Waals surface area contributed by atoms with E-state index in [0.29, 0.717) is 4.47 Å². The van der Waals surface area contributed by atoms with Gasteiger partial charge in [0.25, 0.3) is 0 Å². The van der Waals surface area contributed by atoms with Gasteiger partial charge in [-0.05, 0) is 51.8 Å². The van der Waals surface area contributed by atoms with Gasteiger partial charge in [-0.3, -0.25) is 0 Å². The monoisotopic (exact) mass is 382 g/mol. The average Bonchev–Trinajstić information content (AvgIpc) is 2.62. The lowest BCUT2D eigenvalue weighted by Crippen LogP contribution is -1.91. The lowest BCUT2D eigenvalue weighted by molar-refractivity contribution is 0.625. The third kappa shape index (κ3) is 2.86. The van der Waals surface area contributed by atoms with Crippen LogP contribution < -0.4 is 0 Å². The van der Waals surface area contributed by atoms with Crippen LogP contribution in [0.5, 0.6) is 0 Å². The van der Waals surface area contributed by atoms with Crippen LogP contribution in [0.15, 0.2) is 38.6 Å². The van der Waals surface area contributed by atoms with Gasteiger partial charge in [0, 0.05) is 9.35 Å². The van der Waals surface area contributed by atoms with E-state index >= 15 is 0 Å². The summed E-state index contributed by atoms with van der Waals surface area (Å²) in [5.41, 5.74) is 0.753. The fraction of sp³-hybridized carbons (Fsp3) is 0.0909. The van der Waals surface area contributed by atoms with Crippen molar-refractivity contribution in [3.63, 3.8) is 0 Å². The van der Waals surface area contributed by atoms with E-state index in [0.717, 1.165) is 14.2 Å². The van der Waals surface area contributed by atoms with E-state index in [-0.39, 0.29) is 11.2 Å². The minimum absolute atomic E-state index is 0.286. The molecule has 0 fully saturated rings. The SMILES string of the molecule is Fc1cc(Br)cc(C(Cl)c2ccc(Br)s2)c1. The summed E-state index contributed by atoms with van der Waals surface area (Å²) >= 11 is 14.5. The zero-order valence-corrected chi connectivity index (χ0v) is 12.6. The highest BCUT2D eigenvalue weighted by Crippen LogP contribution is 2.36. The summed E-state index contributed by atoms with van der Waals surface area (Å²) < 4.78 is 14.9. The summed E-state index contributed by atoms with van der Waals surface area (Å²) in [5, 5.41) is -0.316. The van der Waals surface area contributed by atoms with Crippen molar-refractivity contribution in [3.05, 3.63) is 54.8 Å². The van der Waals surface area contributed by atoms with Crippen LogP contribution in [0, 0.1) is 5.82 Å². The molecule has 0 radical (unpaired) electrons. The maximum Gasteiger partial charge on any atom is 0.124 e. The minimum atomic E-state index is -0.316. The number of hydrogen-bond acceptors (Lipinski definition) is 1. The molecule has 0 aliphatic heterocycles. The van der Waals surface area contributed by atoms with Crippen LogP contribution in [0.2, 0.25) is 0 Å². The normalized spacial score (nSPS) is 12.8. The second-order valence-corrected chi connectivity index (χ2v) is 7.05. The van der Waals surface area contributed by atoms with Crippen molar-refractivity contribution < 1.29 is 4.39 Å². The maximum absolute atomic E-state index is 13.2. The molecule has 0 spiro atoms. The first kappa shape index (κ1) is 12.6. The fourth-order valence-electron chi connectivity index (χ4n) is 1.35. The standard InChI is InChI=1S/C11H6Br2ClFS/c12-7-3-6(4-8(15)5-7)11(14)9-1-2-10(13)16-9/h1-5,11H. The number of hydrogen-bond donors (Lipinski definition) is 0. The van der Waals surface area contributed by atoms with Crippen LogP contribution in [0.25, 0.3) is 0 Å². The van der Waals surface area contributed by atoms with Crippen molar-refractivity contribution in [2.45, 2.75) is 5.38 Å². The van der Waals surface area contributed by atoms with Crippen molar-refractivity contribution in [3.8, 4) is 0 Å². The summed E-state index contributed by atoms with van der Waals surface area (Å²) in [5.74, 6) is -0.286. The Hall–Kier alpha value is 0.1000. The molecule has 0 aliphatic rings. The van der Waals surface area contributed by atoms with E-state index in [1.165, 1.54) is 12.1 Å². The van der Waals surface area contributed by atoms with Gasteiger partial charge in [-0.2, -0.15) is 0 Å². The maximum atomic E-state index is 13.2. The molecule has 1 aromatic carbocycles. The smallest absolute Gasteiger partial charge is 0.124 e. The van der Waals surface area contributed by atoms with E-state index in [9.17, 15) is 4.39 Å². The van der Waals surface area contributed by atoms with Crippen molar-refractivity contribution in [1.29, 1.82) is 0 Å². The average molecular weight is 384 g/mol. The van der Waals surface area contributed by atoms with E-state index in [4.69, 9.17) is 11.6 Å². The van der Waals surface area contributed by atoms with Crippen molar-refractivity contribution in [2.75, 3.05) is 0 Å². The molecule has 0 saturated heterocycles. The second kappa shape index (κ2) is 5.17. The van der Waals surface area contributed by atoms with Crippen LogP contribution in [0.1, 0.15) is 15.8 Å². The largest absolute Gasteiger partial charge is 0.207 e. The first-order chi connectivity index (χ1) is 7.56. The van der Waals surface area contributed by atoms with E-state index in [1.807, 2.05) is 18.2 Å². The van der Waals surface area contributed by atoms with E-state index in [1.54, 1.807) is 11.3 Å². The number of alkyl halides is 1. The van der Waals surface area contributed by atoms with Crippen LogP contribution in [0.4, 0.5) is 4.39 Å². The third-order valence-corrected chi connectivity index (χ3v) is 4.78. The molecular weight excluding hydrogens is 378 g/mol.